The second-order valence-corrected chi connectivity index (χ2v) is 7.43. The van der Waals surface area contributed by atoms with Gasteiger partial charge in [-0.2, -0.15) is 0 Å². The molecule has 0 fully saturated rings. The topological polar surface area (TPSA) is 87.0 Å². The van der Waals surface area contributed by atoms with Crippen molar-refractivity contribution in [3.05, 3.63) is 88.3 Å². The number of anilines is 1. The van der Waals surface area contributed by atoms with Crippen molar-refractivity contribution in [2.75, 3.05) is 19.0 Å². The molecule has 0 spiro atoms. The number of hydrogen-bond acceptors (Lipinski definition) is 6. The largest absolute Gasteiger partial charge is 0.493 e. The Kier molecular flexibility index (Phi) is 6.31. The van der Waals surface area contributed by atoms with Gasteiger partial charge in [-0.05, 0) is 50.2 Å². The molecule has 0 aliphatic rings. The highest BCUT2D eigenvalue weighted by atomic mass is 16.5. The van der Waals surface area contributed by atoms with E-state index in [2.05, 4.69) is 5.32 Å². The van der Waals surface area contributed by atoms with Gasteiger partial charge >= 0.3 is 0 Å². The third-order valence-electron chi connectivity index (χ3n) is 4.97. The van der Waals surface area contributed by atoms with E-state index in [0.717, 1.165) is 5.56 Å². The summed E-state index contributed by atoms with van der Waals surface area (Å²) < 4.78 is 22.5. The lowest BCUT2D eigenvalue weighted by molar-refractivity contribution is -0.118. The van der Waals surface area contributed by atoms with Gasteiger partial charge in [-0.25, -0.2) is 0 Å². The van der Waals surface area contributed by atoms with Gasteiger partial charge in [0, 0.05) is 11.8 Å². The molecule has 7 heteroatoms. The molecular formula is C26H23NO6. The van der Waals surface area contributed by atoms with Crippen LogP contribution in [-0.2, 0) is 4.79 Å². The molecule has 0 saturated carbocycles. The van der Waals surface area contributed by atoms with Crippen LogP contribution >= 0.6 is 0 Å². The summed E-state index contributed by atoms with van der Waals surface area (Å²) in [4.78, 5) is 25.2. The van der Waals surface area contributed by atoms with Gasteiger partial charge in [0.05, 0.1) is 12.5 Å². The SMILES string of the molecule is COc1ccccc1Oc1c(C)oc2cc(OCC(=O)Nc3ccc(C)cc3)ccc2c1=O. The smallest absolute Gasteiger partial charge is 0.262 e. The maximum atomic E-state index is 13.0. The second-order valence-electron chi connectivity index (χ2n) is 7.43. The van der Waals surface area contributed by atoms with Gasteiger partial charge in [-0.1, -0.05) is 29.8 Å². The molecule has 0 bridgehead atoms. The van der Waals surface area contributed by atoms with Gasteiger partial charge in [0.25, 0.3) is 5.91 Å². The Balaban J connectivity index is 1.51. The van der Waals surface area contributed by atoms with Crippen LogP contribution < -0.4 is 25.0 Å². The Morgan fingerprint density at radius 1 is 0.970 bits per heavy atom. The summed E-state index contributed by atoms with van der Waals surface area (Å²) in [6, 6.07) is 19.3. The summed E-state index contributed by atoms with van der Waals surface area (Å²) in [7, 11) is 1.53. The molecule has 0 atom stereocenters. The Bertz CT molecular complexity index is 1360. The Hall–Kier alpha value is -4.26. The van der Waals surface area contributed by atoms with Gasteiger partial charge in [-0.3, -0.25) is 9.59 Å². The average Bonchev–Trinajstić information content (AvgIpc) is 2.82. The first-order valence-electron chi connectivity index (χ1n) is 10.3. The van der Waals surface area contributed by atoms with Crippen molar-refractivity contribution in [2.45, 2.75) is 13.8 Å². The first-order valence-corrected chi connectivity index (χ1v) is 10.3. The molecule has 0 unspecified atom stereocenters. The van der Waals surface area contributed by atoms with E-state index in [-0.39, 0.29) is 23.7 Å². The van der Waals surface area contributed by atoms with Crippen LogP contribution in [0.1, 0.15) is 11.3 Å². The second kappa shape index (κ2) is 9.48. The van der Waals surface area contributed by atoms with Crippen LogP contribution in [0.4, 0.5) is 5.69 Å². The minimum atomic E-state index is -0.316. The first-order chi connectivity index (χ1) is 15.9. The minimum Gasteiger partial charge on any atom is -0.493 e. The molecule has 1 N–H and O–H groups in total. The molecule has 33 heavy (non-hydrogen) atoms. The predicted octanol–water partition coefficient (Wildman–Crippen LogP) is 5.23. The van der Waals surface area contributed by atoms with Crippen molar-refractivity contribution in [3.63, 3.8) is 0 Å². The number of rotatable bonds is 7. The highest BCUT2D eigenvalue weighted by molar-refractivity contribution is 5.92. The summed E-state index contributed by atoms with van der Waals surface area (Å²) in [5.41, 5.74) is 1.82. The van der Waals surface area contributed by atoms with Crippen molar-refractivity contribution >= 4 is 22.6 Å². The van der Waals surface area contributed by atoms with Crippen molar-refractivity contribution in [1.82, 2.24) is 0 Å². The lowest BCUT2D eigenvalue weighted by Gasteiger charge is -2.12. The van der Waals surface area contributed by atoms with E-state index in [0.29, 0.717) is 39.7 Å². The molecule has 4 aromatic rings. The molecular weight excluding hydrogens is 422 g/mol. The van der Waals surface area contributed by atoms with Crippen LogP contribution in [0.15, 0.2) is 75.9 Å². The van der Waals surface area contributed by atoms with Crippen LogP contribution in [0.3, 0.4) is 0 Å². The van der Waals surface area contributed by atoms with Crippen molar-refractivity contribution in [2.24, 2.45) is 0 Å². The number of fused-ring (bicyclic) bond motifs is 1. The molecule has 4 rings (SSSR count). The van der Waals surface area contributed by atoms with Gasteiger partial charge in [-0.15, -0.1) is 0 Å². The number of nitrogens with one attached hydrogen (secondary N) is 1. The summed E-state index contributed by atoms with van der Waals surface area (Å²) in [6.45, 7) is 3.44. The molecule has 0 radical (unpaired) electrons. The third kappa shape index (κ3) is 4.98. The van der Waals surface area contributed by atoms with Crippen LogP contribution in [0.5, 0.6) is 23.0 Å². The number of carbonyl (C=O) groups excluding carboxylic acids is 1. The van der Waals surface area contributed by atoms with Gasteiger partial charge in [0.15, 0.2) is 18.1 Å². The molecule has 0 saturated heterocycles. The van der Waals surface area contributed by atoms with E-state index in [1.54, 1.807) is 43.3 Å². The van der Waals surface area contributed by atoms with E-state index in [9.17, 15) is 9.59 Å². The standard InChI is InChI=1S/C26H23NO6/c1-16-8-10-18(11-9-16)27-24(28)15-31-19-12-13-20-23(14-19)32-17(2)26(25(20)29)33-22-7-5-4-6-21(22)30-3/h4-14H,15H2,1-3H3,(H,27,28). The van der Waals surface area contributed by atoms with E-state index in [1.165, 1.54) is 7.11 Å². The fraction of sp³-hybridized carbons (Fsp3) is 0.154. The van der Waals surface area contributed by atoms with Gasteiger partial charge < -0.3 is 23.9 Å². The average molecular weight is 445 g/mol. The third-order valence-corrected chi connectivity index (χ3v) is 4.97. The number of para-hydroxylation sites is 2. The van der Waals surface area contributed by atoms with E-state index >= 15 is 0 Å². The van der Waals surface area contributed by atoms with Crippen LogP contribution in [0.2, 0.25) is 0 Å². The lowest BCUT2D eigenvalue weighted by atomic mass is 10.2. The number of benzene rings is 3. The Morgan fingerprint density at radius 2 is 1.70 bits per heavy atom. The molecule has 7 nitrogen and oxygen atoms in total. The van der Waals surface area contributed by atoms with Crippen molar-refractivity contribution in [1.29, 1.82) is 0 Å². The summed E-state index contributed by atoms with van der Waals surface area (Å²) in [5.74, 6) is 1.42. The number of ether oxygens (including phenoxy) is 3. The van der Waals surface area contributed by atoms with Crippen LogP contribution in [-0.4, -0.2) is 19.6 Å². The number of amides is 1. The first kappa shape index (κ1) is 22.0. The maximum absolute atomic E-state index is 13.0. The number of aryl methyl sites for hydroxylation is 2. The lowest BCUT2D eigenvalue weighted by Crippen LogP contribution is -2.20. The zero-order valence-corrected chi connectivity index (χ0v) is 18.5. The maximum Gasteiger partial charge on any atom is 0.262 e. The zero-order chi connectivity index (χ0) is 23.4. The highest BCUT2D eigenvalue weighted by Gasteiger charge is 2.16. The molecule has 0 aliphatic carbocycles. The van der Waals surface area contributed by atoms with E-state index < -0.39 is 0 Å². The number of methoxy groups -OCH3 is 1. The Morgan fingerprint density at radius 3 is 2.42 bits per heavy atom. The van der Waals surface area contributed by atoms with Crippen molar-refractivity contribution < 1.29 is 23.4 Å². The molecule has 1 heterocycles. The fourth-order valence-electron chi connectivity index (χ4n) is 3.27. The fourth-order valence-corrected chi connectivity index (χ4v) is 3.27. The highest BCUT2D eigenvalue weighted by Crippen LogP contribution is 2.32. The normalized spacial score (nSPS) is 10.6. The van der Waals surface area contributed by atoms with E-state index in [4.69, 9.17) is 18.6 Å². The monoisotopic (exact) mass is 445 g/mol. The molecule has 0 aliphatic heterocycles. The molecule has 1 amide bonds. The van der Waals surface area contributed by atoms with Gasteiger partial charge in [0.2, 0.25) is 11.2 Å². The molecule has 1 aromatic heterocycles. The summed E-state index contributed by atoms with van der Waals surface area (Å²) in [6.07, 6.45) is 0. The van der Waals surface area contributed by atoms with E-state index in [1.807, 2.05) is 37.3 Å². The summed E-state index contributed by atoms with van der Waals surface area (Å²) >= 11 is 0. The molecule has 168 valence electrons. The van der Waals surface area contributed by atoms with Crippen LogP contribution in [0.25, 0.3) is 11.0 Å². The zero-order valence-electron chi connectivity index (χ0n) is 18.5. The number of carbonyl (C=O) groups is 1. The quantitative estimate of drug-likeness (QED) is 0.419. The molecule has 3 aromatic carbocycles. The van der Waals surface area contributed by atoms with Crippen molar-refractivity contribution in [3.8, 4) is 23.0 Å². The number of hydrogen-bond donors (Lipinski definition) is 1. The summed E-state index contributed by atoms with van der Waals surface area (Å²) in [5, 5.41) is 3.11. The van der Waals surface area contributed by atoms with Gasteiger partial charge in [0.1, 0.15) is 17.1 Å². The minimum absolute atomic E-state index is 0.0816. The predicted molar refractivity (Wildman–Crippen MR) is 126 cm³/mol. The van der Waals surface area contributed by atoms with Crippen LogP contribution in [0, 0.1) is 13.8 Å². The Labute approximate surface area is 190 Å².